The van der Waals surface area contributed by atoms with Crippen LogP contribution in [0.25, 0.3) is 0 Å². The Hall–Kier alpha value is -1.21. The van der Waals surface area contributed by atoms with Crippen molar-refractivity contribution in [2.45, 2.75) is 28.9 Å². The van der Waals surface area contributed by atoms with Crippen molar-refractivity contribution in [3.63, 3.8) is 0 Å². The second-order valence-corrected chi connectivity index (χ2v) is 8.78. The highest BCUT2D eigenvalue weighted by Gasteiger charge is 2.30. The van der Waals surface area contributed by atoms with Gasteiger partial charge in [-0.3, -0.25) is 0 Å². The summed E-state index contributed by atoms with van der Waals surface area (Å²) in [5, 5.41) is 0. The van der Waals surface area contributed by atoms with E-state index in [1.807, 2.05) is 0 Å². The highest BCUT2D eigenvalue weighted by atomic mass is 32.2. The first-order chi connectivity index (χ1) is 10.8. The summed E-state index contributed by atoms with van der Waals surface area (Å²) in [5.41, 5.74) is 5.41. The molecule has 0 aliphatic rings. The molecule has 1 aromatic carbocycles. The predicted octanol–water partition coefficient (Wildman–Crippen LogP) is 0.495. The third kappa shape index (κ3) is 5.14. The van der Waals surface area contributed by atoms with Gasteiger partial charge in [0.1, 0.15) is 6.54 Å². The van der Waals surface area contributed by atoms with Crippen LogP contribution in [0.3, 0.4) is 0 Å². The molecule has 24 heavy (non-hydrogen) atoms. The van der Waals surface area contributed by atoms with E-state index >= 15 is 0 Å². The quantitative estimate of drug-likeness (QED) is 0.706. The van der Waals surface area contributed by atoms with Gasteiger partial charge in [-0.15, -0.1) is 0 Å². The minimum absolute atomic E-state index is 0.0869. The summed E-state index contributed by atoms with van der Waals surface area (Å²) in [6.07, 6.45) is -4.70. The maximum absolute atomic E-state index is 12.3. The summed E-state index contributed by atoms with van der Waals surface area (Å²) in [7, 11) is -6.96. The average Bonchev–Trinajstić information content (AvgIpc) is 2.51. The summed E-state index contributed by atoms with van der Waals surface area (Å²) in [4.78, 5) is -0.666. The van der Waals surface area contributed by atoms with E-state index in [0.717, 1.165) is 28.6 Å². The lowest BCUT2D eigenvalue weighted by Gasteiger charge is -2.23. The lowest BCUT2D eigenvalue weighted by atomic mass is 10.4. The number of hydrogen-bond acceptors (Lipinski definition) is 5. The standard InChI is InChI=1S/C12H18F3N3O4S2/c1-9(7-16)18(2)24(21,22)11-5-3-10(4-6-11)23(19,20)17-8-12(13,14)15/h3-6,9,17H,7-8,16H2,1-2H3. The van der Waals surface area contributed by atoms with Crippen LogP contribution in [-0.4, -0.2) is 53.5 Å². The number of benzene rings is 1. The van der Waals surface area contributed by atoms with Crippen molar-refractivity contribution in [2.75, 3.05) is 20.1 Å². The van der Waals surface area contributed by atoms with Crippen molar-refractivity contribution < 1.29 is 30.0 Å². The maximum atomic E-state index is 12.3. The Morgan fingerprint density at radius 2 is 1.58 bits per heavy atom. The molecule has 0 aliphatic heterocycles. The molecule has 1 aromatic rings. The third-order valence-corrected chi connectivity index (χ3v) is 6.64. The summed E-state index contributed by atoms with van der Waals surface area (Å²) in [6.45, 7) is -0.0346. The van der Waals surface area contributed by atoms with Crippen LogP contribution in [0, 0.1) is 0 Å². The first-order valence-electron chi connectivity index (χ1n) is 6.66. The fourth-order valence-corrected chi connectivity index (χ4v) is 3.99. The molecule has 0 saturated heterocycles. The number of nitrogens with one attached hydrogen (secondary N) is 1. The van der Waals surface area contributed by atoms with Gasteiger partial charge in [0, 0.05) is 19.6 Å². The van der Waals surface area contributed by atoms with Gasteiger partial charge in [-0.05, 0) is 31.2 Å². The summed E-state index contributed by atoms with van der Waals surface area (Å²) in [5.74, 6) is 0. The van der Waals surface area contributed by atoms with Gasteiger partial charge in [-0.1, -0.05) is 0 Å². The number of halogens is 3. The Kier molecular flexibility index (Phi) is 6.38. The van der Waals surface area contributed by atoms with Crippen LogP contribution in [0.2, 0.25) is 0 Å². The Morgan fingerprint density at radius 3 is 2.00 bits per heavy atom. The van der Waals surface area contributed by atoms with Crippen LogP contribution in [0.1, 0.15) is 6.92 Å². The fraction of sp³-hybridized carbons (Fsp3) is 0.500. The number of nitrogens with zero attached hydrogens (tertiary/aromatic N) is 1. The molecule has 1 atom stereocenters. The number of rotatable bonds is 7. The van der Waals surface area contributed by atoms with Crippen molar-refractivity contribution in [2.24, 2.45) is 5.73 Å². The van der Waals surface area contributed by atoms with E-state index in [4.69, 9.17) is 5.73 Å². The summed E-state index contributed by atoms with van der Waals surface area (Å²) >= 11 is 0. The zero-order valence-corrected chi connectivity index (χ0v) is 14.5. The van der Waals surface area contributed by atoms with Gasteiger partial charge >= 0.3 is 6.18 Å². The zero-order chi connectivity index (χ0) is 18.8. The second-order valence-electron chi connectivity index (χ2n) is 5.02. The van der Waals surface area contributed by atoms with Crippen LogP contribution in [-0.2, 0) is 20.0 Å². The number of alkyl halides is 3. The van der Waals surface area contributed by atoms with E-state index in [1.165, 1.54) is 11.8 Å². The first kappa shape index (κ1) is 20.8. The largest absolute Gasteiger partial charge is 0.402 e. The molecule has 0 aliphatic carbocycles. The summed E-state index contributed by atoms with van der Waals surface area (Å²) < 4.78 is 86.8. The Bertz CT molecular complexity index is 762. The SMILES string of the molecule is CC(CN)N(C)S(=O)(=O)c1ccc(S(=O)(=O)NCC(F)(F)F)cc1. The van der Waals surface area contributed by atoms with Gasteiger partial charge in [-0.25, -0.2) is 21.6 Å². The number of nitrogens with two attached hydrogens (primary N) is 1. The monoisotopic (exact) mass is 389 g/mol. The van der Waals surface area contributed by atoms with E-state index in [2.05, 4.69) is 0 Å². The molecule has 0 fully saturated rings. The fourth-order valence-electron chi connectivity index (χ4n) is 1.60. The maximum Gasteiger partial charge on any atom is 0.402 e. The van der Waals surface area contributed by atoms with E-state index in [9.17, 15) is 30.0 Å². The van der Waals surface area contributed by atoms with Gasteiger partial charge in [0.2, 0.25) is 20.0 Å². The highest BCUT2D eigenvalue weighted by Crippen LogP contribution is 2.20. The lowest BCUT2D eigenvalue weighted by Crippen LogP contribution is -2.39. The molecule has 0 bridgehead atoms. The minimum atomic E-state index is -4.70. The van der Waals surface area contributed by atoms with E-state index < -0.39 is 43.7 Å². The van der Waals surface area contributed by atoms with Gasteiger partial charge in [0.25, 0.3) is 0 Å². The average molecular weight is 389 g/mol. The number of likely N-dealkylation sites (N-methyl/N-ethyl adjacent to an activating group) is 1. The van der Waals surface area contributed by atoms with E-state index in [1.54, 1.807) is 6.92 Å². The molecular formula is C12H18F3N3O4S2. The topological polar surface area (TPSA) is 110 Å². The molecular weight excluding hydrogens is 371 g/mol. The zero-order valence-electron chi connectivity index (χ0n) is 12.9. The van der Waals surface area contributed by atoms with Crippen molar-refractivity contribution in [3.05, 3.63) is 24.3 Å². The molecule has 1 unspecified atom stereocenters. The minimum Gasteiger partial charge on any atom is -0.329 e. The molecule has 138 valence electrons. The molecule has 3 N–H and O–H groups in total. The molecule has 12 heteroatoms. The van der Waals surface area contributed by atoms with Gasteiger partial charge < -0.3 is 5.73 Å². The smallest absolute Gasteiger partial charge is 0.329 e. The molecule has 0 radical (unpaired) electrons. The molecule has 0 amide bonds. The second kappa shape index (κ2) is 7.35. The normalized spacial score (nSPS) is 14.8. The molecule has 0 spiro atoms. The van der Waals surface area contributed by atoms with Gasteiger partial charge in [0.05, 0.1) is 9.79 Å². The van der Waals surface area contributed by atoms with Crippen molar-refractivity contribution >= 4 is 20.0 Å². The van der Waals surface area contributed by atoms with E-state index in [0.29, 0.717) is 0 Å². The lowest BCUT2D eigenvalue weighted by molar-refractivity contribution is -0.121. The highest BCUT2D eigenvalue weighted by molar-refractivity contribution is 7.89. The van der Waals surface area contributed by atoms with Crippen LogP contribution < -0.4 is 10.5 Å². The van der Waals surface area contributed by atoms with Crippen molar-refractivity contribution in [1.29, 1.82) is 0 Å². The molecule has 7 nitrogen and oxygen atoms in total. The van der Waals surface area contributed by atoms with Crippen LogP contribution in [0.4, 0.5) is 13.2 Å². The van der Waals surface area contributed by atoms with Crippen LogP contribution in [0.5, 0.6) is 0 Å². The Morgan fingerprint density at radius 1 is 1.12 bits per heavy atom. The van der Waals surface area contributed by atoms with Crippen molar-refractivity contribution in [3.8, 4) is 0 Å². The van der Waals surface area contributed by atoms with Crippen molar-refractivity contribution in [1.82, 2.24) is 9.03 Å². The Labute approximate surface area is 138 Å². The molecule has 0 saturated carbocycles. The van der Waals surface area contributed by atoms with Gasteiger partial charge in [0.15, 0.2) is 0 Å². The predicted molar refractivity (Wildman–Crippen MR) is 81.2 cm³/mol. The molecule has 1 rings (SSSR count). The van der Waals surface area contributed by atoms with E-state index in [-0.39, 0.29) is 11.4 Å². The first-order valence-corrected chi connectivity index (χ1v) is 9.58. The number of hydrogen-bond donors (Lipinski definition) is 2. The molecule has 0 aromatic heterocycles. The Balaban J connectivity index is 3.05. The third-order valence-electron chi connectivity index (χ3n) is 3.24. The number of sulfonamides is 2. The van der Waals surface area contributed by atoms with Crippen LogP contribution >= 0.6 is 0 Å². The van der Waals surface area contributed by atoms with Gasteiger partial charge in [-0.2, -0.15) is 17.5 Å². The van der Waals surface area contributed by atoms with Crippen LogP contribution in [0.15, 0.2) is 34.1 Å². The summed E-state index contributed by atoms with van der Waals surface area (Å²) in [6, 6.07) is 3.39. The molecule has 0 heterocycles.